The van der Waals surface area contributed by atoms with Gasteiger partial charge in [0.1, 0.15) is 33.5 Å². The lowest BCUT2D eigenvalue weighted by Crippen LogP contribution is -2.33. The van der Waals surface area contributed by atoms with Crippen molar-refractivity contribution in [2.24, 2.45) is 0 Å². The summed E-state index contributed by atoms with van der Waals surface area (Å²) in [6.07, 6.45) is 13.1. The molecule has 1 unspecified atom stereocenters. The molecule has 0 saturated carbocycles. The van der Waals surface area contributed by atoms with Crippen LogP contribution in [0.3, 0.4) is 0 Å². The summed E-state index contributed by atoms with van der Waals surface area (Å²) in [5.41, 5.74) is 20.8. The molecule has 1 atom stereocenters. The van der Waals surface area contributed by atoms with Crippen LogP contribution in [-0.4, -0.2) is 16.0 Å². The van der Waals surface area contributed by atoms with Crippen LogP contribution >= 0.6 is 0 Å². The molecule has 0 radical (unpaired) electrons. The van der Waals surface area contributed by atoms with Crippen LogP contribution in [-0.2, 0) is 10.8 Å². The van der Waals surface area contributed by atoms with E-state index < -0.39 is 0 Å². The molecule has 7 aromatic carbocycles. The van der Waals surface area contributed by atoms with Gasteiger partial charge in [0.15, 0.2) is 0 Å². The molecule has 0 aliphatic heterocycles. The molecule has 15 rings (SSSR count). The Bertz CT molecular complexity index is 4280. The van der Waals surface area contributed by atoms with Crippen molar-refractivity contribution in [2.45, 2.75) is 51.0 Å². The Morgan fingerprint density at radius 2 is 0.901 bits per heavy atom. The van der Waals surface area contributed by atoms with E-state index in [2.05, 4.69) is 211 Å². The molecule has 7 nitrogen and oxygen atoms in total. The van der Waals surface area contributed by atoms with E-state index in [-0.39, 0.29) is 16.9 Å². The van der Waals surface area contributed by atoms with Crippen LogP contribution in [0.4, 0.5) is 28.4 Å². The van der Waals surface area contributed by atoms with E-state index >= 15 is 0 Å². The minimum absolute atomic E-state index is 0.0548. The number of nitrogens with zero attached hydrogens (tertiary/aromatic N) is 4. The second-order valence-corrected chi connectivity index (χ2v) is 20.6. The van der Waals surface area contributed by atoms with Crippen LogP contribution < -0.4 is 9.80 Å². The fourth-order valence-corrected chi connectivity index (χ4v) is 12.5. The molecule has 7 heteroatoms. The lowest BCUT2D eigenvalue weighted by molar-refractivity contribution is 0.585. The smallest absolute Gasteiger partial charge is 0.137 e. The largest absolute Gasteiger partial charge is 0.456 e. The van der Waals surface area contributed by atoms with Gasteiger partial charge in [0.05, 0.1) is 6.04 Å². The maximum atomic E-state index is 6.79. The number of allylic oxidation sites excluding steroid dienone is 2. The molecule has 71 heavy (non-hydrogen) atoms. The molecular weight excluding hydrogens is 873 g/mol. The first kappa shape index (κ1) is 40.2. The number of hydrogen-bond acceptors (Lipinski definition) is 7. The summed E-state index contributed by atoms with van der Waals surface area (Å²) in [7, 11) is 0. The van der Waals surface area contributed by atoms with Gasteiger partial charge in [-0.05, 0) is 136 Å². The Labute approximate surface area is 409 Å². The van der Waals surface area contributed by atoms with E-state index in [1.807, 2.05) is 24.8 Å². The zero-order valence-corrected chi connectivity index (χ0v) is 39.7. The predicted molar refractivity (Wildman–Crippen MR) is 289 cm³/mol. The van der Waals surface area contributed by atoms with E-state index in [4.69, 9.17) is 13.3 Å². The highest BCUT2D eigenvalue weighted by atomic mass is 16.3. The third-order valence-electron chi connectivity index (χ3n) is 16.0. The summed E-state index contributed by atoms with van der Waals surface area (Å²) in [6, 6.07) is 54.5. The van der Waals surface area contributed by atoms with Crippen LogP contribution in [0.2, 0.25) is 0 Å². The molecule has 3 aliphatic rings. The number of hydrogen-bond donors (Lipinski definition) is 0. The monoisotopic (exact) mass is 918 g/mol. The second-order valence-electron chi connectivity index (χ2n) is 20.6. The van der Waals surface area contributed by atoms with Crippen molar-refractivity contribution in [3.63, 3.8) is 0 Å². The Hall–Kier alpha value is -8.68. The highest BCUT2D eigenvalue weighted by Gasteiger charge is 2.40. The fraction of sp³-hybridized carbons (Fsp3) is 0.125. The number of pyridine rings is 2. The van der Waals surface area contributed by atoms with Gasteiger partial charge in [-0.3, -0.25) is 9.97 Å². The zero-order chi connectivity index (χ0) is 47.3. The lowest BCUT2D eigenvalue weighted by atomic mass is 9.77. The van der Waals surface area contributed by atoms with Crippen LogP contribution in [0.5, 0.6) is 0 Å². The van der Waals surface area contributed by atoms with E-state index in [0.717, 1.165) is 101 Å². The van der Waals surface area contributed by atoms with Crippen molar-refractivity contribution < 1.29 is 13.3 Å². The molecule has 12 aromatic rings. The SMILES string of the molecule is CC1(C)C2=C(C=CC(N(c3ccncc3)c3ccc4c(c3)oc3cc5c(cc34)oc3cc4c(cc35)oc3cc(N(c5ccncc5)c5ccc6c(c5)C(C)(C)c5ccccc5-6)ccc34)C2)c2ccccc21. The number of rotatable bonds is 6. The lowest BCUT2D eigenvalue weighted by Gasteiger charge is -2.36. The number of fused-ring (bicyclic) bond motifs is 14. The molecule has 0 N–H and O–H groups in total. The van der Waals surface area contributed by atoms with Gasteiger partial charge < -0.3 is 23.1 Å². The molecule has 340 valence electrons. The van der Waals surface area contributed by atoms with Crippen molar-refractivity contribution in [3.05, 3.63) is 216 Å². The van der Waals surface area contributed by atoms with Gasteiger partial charge in [0.25, 0.3) is 0 Å². The van der Waals surface area contributed by atoms with Gasteiger partial charge in [0.2, 0.25) is 0 Å². The molecule has 0 bridgehead atoms. The van der Waals surface area contributed by atoms with Crippen LogP contribution in [0, 0.1) is 0 Å². The van der Waals surface area contributed by atoms with Gasteiger partial charge in [0, 0.05) is 109 Å². The van der Waals surface area contributed by atoms with Gasteiger partial charge in [-0.2, -0.15) is 0 Å². The average molecular weight is 919 g/mol. The van der Waals surface area contributed by atoms with Crippen LogP contribution in [0.25, 0.3) is 82.5 Å². The van der Waals surface area contributed by atoms with Gasteiger partial charge >= 0.3 is 0 Å². The summed E-state index contributed by atoms with van der Waals surface area (Å²) in [5, 5.41) is 6.06. The van der Waals surface area contributed by atoms with Gasteiger partial charge in [-0.15, -0.1) is 0 Å². The highest BCUT2D eigenvalue weighted by Crippen LogP contribution is 2.53. The topological polar surface area (TPSA) is 71.7 Å². The molecule has 3 aliphatic carbocycles. The van der Waals surface area contributed by atoms with Crippen molar-refractivity contribution in [1.29, 1.82) is 0 Å². The molecular formula is C64H46N4O3. The van der Waals surface area contributed by atoms with Crippen LogP contribution in [0.1, 0.15) is 56.4 Å². The minimum Gasteiger partial charge on any atom is -0.456 e. The predicted octanol–water partition coefficient (Wildman–Crippen LogP) is 17.2. The molecule has 0 saturated heterocycles. The Balaban J connectivity index is 0.797. The minimum atomic E-state index is -0.129. The molecule has 5 heterocycles. The molecule has 5 aromatic heterocycles. The normalized spacial score (nSPS) is 16.4. The first-order chi connectivity index (χ1) is 34.7. The quantitative estimate of drug-likeness (QED) is 0.164. The number of anilines is 5. The van der Waals surface area contributed by atoms with Crippen LogP contribution in [0.15, 0.2) is 207 Å². The summed E-state index contributed by atoms with van der Waals surface area (Å²) >= 11 is 0. The number of aromatic nitrogens is 2. The molecule has 0 amide bonds. The number of benzene rings is 7. The van der Waals surface area contributed by atoms with Crippen molar-refractivity contribution in [1.82, 2.24) is 9.97 Å². The Kier molecular flexibility index (Phi) is 8.18. The van der Waals surface area contributed by atoms with Crippen molar-refractivity contribution in [3.8, 4) is 11.1 Å². The van der Waals surface area contributed by atoms with E-state index in [0.29, 0.717) is 0 Å². The fourth-order valence-electron chi connectivity index (χ4n) is 12.5. The maximum absolute atomic E-state index is 6.79. The third-order valence-corrected chi connectivity index (χ3v) is 16.0. The summed E-state index contributed by atoms with van der Waals surface area (Å²) < 4.78 is 20.3. The Morgan fingerprint density at radius 3 is 1.54 bits per heavy atom. The molecule has 0 spiro atoms. The first-order valence-corrected chi connectivity index (χ1v) is 24.5. The van der Waals surface area contributed by atoms with E-state index in [1.54, 1.807) is 0 Å². The van der Waals surface area contributed by atoms with Crippen molar-refractivity contribution in [2.75, 3.05) is 9.80 Å². The van der Waals surface area contributed by atoms with E-state index in [9.17, 15) is 0 Å². The summed E-state index contributed by atoms with van der Waals surface area (Å²) in [6.45, 7) is 9.38. The molecule has 0 fully saturated rings. The first-order valence-electron chi connectivity index (χ1n) is 24.5. The Morgan fingerprint density at radius 1 is 0.423 bits per heavy atom. The average Bonchev–Trinajstić information content (AvgIpc) is 4.16. The summed E-state index contributed by atoms with van der Waals surface area (Å²) in [4.78, 5) is 13.5. The number of furan rings is 3. The van der Waals surface area contributed by atoms with Crippen molar-refractivity contribution >= 4 is 99.8 Å². The van der Waals surface area contributed by atoms with Gasteiger partial charge in [-0.1, -0.05) is 94.4 Å². The van der Waals surface area contributed by atoms with E-state index in [1.165, 1.54) is 44.5 Å². The summed E-state index contributed by atoms with van der Waals surface area (Å²) in [5.74, 6) is 0. The highest BCUT2D eigenvalue weighted by molar-refractivity contribution is 6.19. The standard InChI is InChI=1S/C64H46N4O3/c1-63(2)53-11-7-5-9-43(53)45-17-13-39(29-55(45)63)67(37-21-25-65-26-22-37)41-15-19-47-49-33-61-51(35-59(49)69-57(47)31-41)52-36-60-50(34-62(52)71-61)48-20-16-42(32-58(48)70-60)68(38-23-27-66-28-24-38)40-14-18-46-44-10-6-8-12-54(44)64(3,4)56(46)30-40/h5-29,31-36,40H,30H2,1-4H3. The third kappa shape index (κ3) is 5.77. The maximum Gasteiger partial charge on any atom is 0.137 e. The second kappa shape index (κ2) is 14.4. The zero-order valence-electron chi connectivity index (χ0n) is 39.7. The van der Waals surface area contributed by atoms with Gasteiger partial charge in [-0.25, -0.2) is 0 Å².